The summed E-state index contributed by atoms with van der Waals surface area (Å²) in [5, 5.41) is 18.5. The van der Waals surface area contributed by atoms with Crippen molar-refractivity contribution < 1.29 is 14.6 Å². The predicted molar refractivity (Wildman–Crippen MR) is 115 cm³/mol. The number of aromatic nitrogens is 1. The molecular weight excluding hydrogens is 366 g/mol. The zero-order valence-corrected chi connectivity index (χ0v) is 15.9. The molecule has 0 aliphatic carbocycles. The molecule has 6 nitrogen and oxygen atoms in total. The van der Waals surface area contributed by atoms with Crippen LogP contribution in [-0.4, -0.2) is 36.2 Å². The molecule has 3 aromatic carbocycles. The molecule has 6 heteroatoms. The predicted octanol–water partition coefficient (Wildman–Crippen LogP) is 3.59. The Bertz CT molecular complexity index is 1120. The molecule has 0 spiro atoms. The summed E-state index contributed by atoms with van der Waals surface area (Å²) < 4.78 is 5.84. The number of fused-ring (bicyclic) bond motifs is 3. The van der Waals surface area contributed by atoms with E-state index in [0.29, 0.717) is 31.8 Å². The zero-order chi connectivity index (χ0) is 20.1. The lowest BCUT2D eigenvalue weighted by Crippen LogP contribution is -2.26. The summed E-state index contributed by atoms with van der Waals surface area (Å²) in [4.78, 5) is 13.9. The monoisotopic (exact) mass is 389 g/mol. The van der Waals surface area contributed by atoms with Gasteiger partial charge in [-0.1, -0.05) is 30.3 Å². The minimum absolute atomic E-state index is 0.398. The number of para-hydroxylation sites is 1. The average Bonchev–Trinajstić information content (AvgIpc) is 3.11. The van der Waals surface area contributed by atoms with Crippen molar-refractivity contribution in [2.24, 2.45) is 0 Å². The van der Waals surface area contributed by atoms with Crippen molar-refractivity contribution in [3.8, 4) is 5.75 Å². The van der Waals surface area contributed by atoms with Crippen LogP contribution in [-0.2, 0) is 4.79 Å². The first-order valence-electron chi connectivity index (χ1n) is 9.57. The van der Waals surface area contributed by atoms with Crippen LogP contribution in [0, 0.1) is 0 Å². The molecule has 4 rings (SSSR count). The van der Waals surface area contributed by atoms with Gasteiger partial charge in [0.2, 0.25) is 6.41 Å². The third kappa shape index (κ3) is 4.39. The summed E-state index contributed by atoms with van der Waals surface area (Å²) in [5.74, 6) is 0.805. The second-order valence-electron chi connectivity index (χ2n) is 6.83. The van der Waals surface area contributed by atoms with Gasteiger partial charge in [-0.3, -0.25) is 4.79 Å². The van der Waals surface area contributed by atoms with Crippen LogP contribution in [0.5, 0.6) is 5.75 Å². The second kappa shape index (κ2) is 8.77. The maximum absolute atomic E-state index is 10.5. The van der Waals surface area contributed by atoms with Crippen LogP contribution in [0.3, 0.4) is 0 Å². The summed E-state index contributed by atoms with van der Waals surface area (Å²) in [7, 11) is 0. The Kier molecular flexibility index (Phi) is 5.74. The lowest BCUT2D eigenvalue weighted by Gasteiger charge is -2.13. The summed E-state index contributed by atoms with van der Waals surface area (Å²) >= 11 is 0. The molecule has 1 aromatic heterocycles. The van der Waals surface area contributed by atoms with Gasteiger partial charge in [0.15, 0.2) is 0 Å². The van der Waals surface area contributed by atoms with Crippen molar-refractivity contribution >= 4 is 33.9 Å². The average molecular weight is 389 g/mol. The molecule has 0 saturated heterocycles. The summed E-state index contributed by atoms with van der Waals surface area (Å²) in [6.07, 6.45) is -0.0417. The van der Waals surface area contributed by atoms with Crippen molar-refractivity contribution in [3.05, 3.63) is 72.3 Å². The zero-order valence-electron chi connectivity index (χ0n) is 15.9. The van der Waals surface area contributed by atoms with Crippen LogP contribution in [0.4, 0.5) is 5.69 Å². The Morgan fingerprint density at radius 3 is 2.76 bits per heavy atom. The molecule has 1 heterocycles. The molecule has 1 unspecified atom stereocenters. The number of carbonyl (C=O) groups excluding carboxylic acids is 1. The van der Waals surface area contributed by atoms with Gasteiger partial charge < -0.3 is 25.5 Å². The number of aliphatic hydroxyl groups is 1. The number of nitrogens with one attached hydrogen (secondary N) is 3. The van der Waals surface area contributed by atoms with Gasteiger partial charge in [-0.2, -0.15) is 0 Å². The van der Waals surface area contributed by atoms with E-state index in [4.69, 9.17) is 4.74 Å². The topological polar surface area (TPSA) is 86.4 Å². The molecule has 148 valence electrons. The number of carbonyl (C=O) groups is 1. The van der Waals surface area contributed by atoms with Crippen molar-refractivity contribution in [2.75, 3.05) is 25.0 Å². The van der Waals surface area contributed by atoms with Crippen molar-refractivity contribution in [1.82, 2.24) is 10.3 Å². The van der Waals surface area contributed by atoms with Gasteiger partial charge in [0, 0.05) is 41.1 Å². The molecule has 0 aliphatic heterocycles. The maximum atomic E-state index is 10.5. The largest absolute Gasteiger partial charge is 0.492 e. The molecule has 0 radical (unpaired) electrons. The Morgan fingerprint density at radius 1 is 1.00 bits per heavy atom. The van der Waals surface area contributed by atoms with Gasteiger partial charge in [-0.25, -0.2) is 0 Å². The van der Waals surface area contributed by atoms with Crippen LogP contribution in [0.15, 0.2) is 66.7 Å². The van der Waals surface area contributed by atoms with Crippen molar-refractivity contribution in [1.29, 1.82) is 0 Å². The number of anilines is 1. The number of rotatable bonds is 9. The van der Waals surface area contributed by atoms with Gasteiger partial charge in [-0.05, 0) is 35.9 Å². The summed E-state index contributed by atoms with van der Waals surface area (Å²) in [5.41, 5.74) is 3.57. The van der Waals surface area contributed by atoms with Crippen LogP contribution < -0.4 is 15.4 Å². The van der Waals surface area contributed by atoms with E-state index in [1.54, 1.807) is 18.2 Å². The van der Waals surface area contributed by atoms with Gasteiger partial charge in [-0.15, -0.1) is 0 Å². The van der Waals surface area contributed by atoms with E-state index >= 15 is 0 Å². The molecule has 29 heavy (non-hydrogen) atoms. The number of aliphatic hydroxyl groups excluding tert-OH is 1. The van der Waals surface area contributed by atoms with Crippen LogP contribution in [0.25, 0.3) is 21.8 Å². The van der Waals surface area contributed by atoms with Gasteiger partial charge in [0.1, 0.15) is 12.4 Å². The van der Waals surface area contributed by atoms with E-state index in [1.165, 1.54) is 10.8 Å². The summed E-state index contributed by atoms with van der Waals surface area (Å²) in [6.45, 7) is 1.49. The Labute approximate surface area is 168 Å². The van der Waals surface area contributed by atoms with Crippen LogP contribution in [0.2, 0.25) is 0 Å². The van der Waals surface area contributed by atoms with Crippen LogP contribution in [0.1, 0.15) is 11.7 Å². The Balaban J connectivity index is 1.27. The number of H-pyrrole nitrogens is 1. The number of aromatic amines is 1. The highest BCUT2D eigenvalue weighted by Gasteiger charge is 2.08. The van der Waals surface area contributed by atoms with E-state index < -0.39 is 6.10 Å². The molecule has 1 atom stereocenters. The SMILES string of the molecule is O=CNc1cccc(C(O)CNCCOc2ccc3c(c2)[nH]c2ccccc23)c1. The van der Waals surface area contributed by atoms with E-state index in [2.05, 4.69) is 33.8 Å². The smallest absolute Gasteiger partial charge is 0.211 e. The lowest BCUT2D eigenvalue weighted by molar-refractivity contribution is -0.105. The standard InChI is InChI=1S/C23H23N3O3/c27-15-25-17-5-3-4-16(12-17)23(28)14-24-10-11-29-18-8-9-20-19-6-1-2-7-21(19)26-22(20)13-18/h1-9,12-13,15,23-24,26,28H,10-11,14H2,(H,25,27). The van der Waals surface area contributed by atoms with E-state index in [1.807, 2.05) is 30.3 Å². The van der Waals surface area contributed by atoms with Gasteiger partial charge in [0.05, 0.1) is 11.6 Å². The first-order chi connectivity index (χ1) is 14.2. The normalized spacial score (nSPS) is 12.2. The minimum Gasteiger partial charge on any atom is -0.492 e. The fraction of sp³-hybridized carbons (Fsp3) is 0.174. The molecule has 4 N–H and O–H groups in total. The van der Waals surface area contributed by atoms with Crippen molar-refractivity contribution in [3.63, 3.8) is 0 Å². The molecule has 0 saturated carbocycles. The number of benzene rings is 3. The highest BCUT2D eigenvalue weighted by atomic mass is 16.5. The minimum atomic E-state index is -0.661. The Hall–Kier alpha value is -3.35. The van der Waals surface area contributed by atoms with E-state index in [-0.39, 0.29) is 0 Å². The van der Waals surface area contributed by atoms with Crippen LogP contribution >= 0.6 is 0 Å². The third-order valence-electron chi connectivity index (χ3n) is 4.86. The van der Waals surface area contributed by atoms with E-state index in [0.717, 1.165) is 22.3 Å². The van der Waals surface area contributed by atoms with Gasteiger partial charge in [0.25, 0.3) is 0 Å². The summed E-state index contributed by atoms with van der Waals surface area (Å²) in [6, 6.07) is 21.4. The number of hydrogen-bond donors (Lipinski definition) is 4. The fourth-order valence-electron chi connectivity index (χ4n) is 3.42. The highest BCUT2D eigenvalue weighted by molar-refractivity contribution is 6.07. The molecule has 0 aliphatic rings. The molecule has 0 bridgehead atoms. The molecule has 0 fully saturated rings. The van der Waals surface area contributed by atoms with Crippen molar-refractivity contribution in [2.45, 2.75) is 6.10 Å². The molecular formula is C23H23N3O3. The first kappa shape index (κ1) is 19.0. The fourth-order valence-corrected chi connectivity index (χ4v) is 3.42. The van der Waals surface area contributed by atoms with E-state index in [9.17, 15) is 9.90 Å². The number of amides is 1. The Morgan fingerprint density at radius 2 is 1.86 bits per heavy atom. The second-order valence-corrected chi connectivity index (χ2v) is 6.83. The molecule has 1 amide bonds. The number of ether oxygens (including phenoxy) is 1. The van der Waals surface area contributed by atoms with Gasteiger partial charge >= 0.3 is 0 Å². The highest BCUT2D eigenvalue weighted by Crippen LogP contribution is 2.28. The number of hydrogen-bond acceptors (Lipinski definition) is 4. The maximum Gasteiger partial charge on any atom is 0.211 e. The molecule has 4 aromatic rings. The third-order valence-corrected chi connectivity index (χ3v) is 4.86. The lowest BCUT2D eigenvalue weighted by atomic mass is 10.1. The first-order valence-corrected chi connectivity index (χ1v) is 9.57. The quantitative estimate of drug-likeness (QED) is 0.260.